The van der Waals surface area contributed by atoms with Gasteiger partial charge >= 0.3 is 0 Å². The normalized spacial score (nSPS) is 11.2. The van der Waals surface area contributed by atoms with Gasteiger partial charge in [-0.3, -0.25) is 0 Å². The highest BCUT2D eigenvalue weighted by Gasteiger charge is 2.15. The molecule has 0 aliphatic heterocycles. The van der Waals surface area contributed by atoms with E-state index in [9.17, 15) is 4.39 Å². The molecule has 0 amide bonds. The second-order valence-corrected chi connectivity index (χ2v) is 7.06. The molecule has 0 fully saturated rings. The highest BCUT2D eigenvalue weighted by molar-refractivity contribution is 7.19. The second-order valence-electron chi connectivity index (χ2n) is 5.70. The van der Waals surface area contributed by atoms with Crippen molar-refractivity contribution in [1.29, 1.82) is 0 Å². The van der Waals surface area contributed by atoms with E-state index in [1.54, 1.807) is 16.6 Å². The van der Waals surface area contributed by atoms with Gasteiger partial charge in [0.1, 0.15) is 10.8 Å². The number of aromatic nitrogens is 4. The quantitative estimate of drug-likeness (QED) is 0.534. The Hall–Kier alpha value is -2.51. The third-order valence-corrected chi connectivity index (χ3v) is 5.04. The zero-order chi connectivity index (χ0) is 17.6. The van der Waals surface area contributed by atoms with E-state index in [1.165, 1.54) is 17.4 Å². The van der Waals surface area contributed by atoms with Crippen LogP contribution < -0.4 is 4.90 Å². The highest BCUT2D eigenvalue weighted by Crippen LogP contribution is 2.30. The first-order valence-electron chi connectivity index (χ1n) is 7.48. The number of hydrogen-bond donors (Lipinski definition) is 0. The SMILES string of the molecule is CN(C)c1ccc(-c2nnc3sc(-c4ccc(F)c(Cl)c4)nn23)cc1. The molecule has 2 aromatic carbocycles. The molecule has 0 aliphatic carbocycles. The van der Waals surface area contributed by atoms with E-state index in [-0.39, 0.29) is 5.02 Å². The first kappa shape index (κ1) is 16.0. The summed E-state index contributed by atoms with van der Waals surface area (Å²) in [5.74, 6) is 0.214. The van der Waals surface area contributed by atoms with Crippen molar-refractivity contribution in [1.82, 2.24) is 19.8 Å². The van der Waals surface area contributed by atoms with Crippen molar-refractivity contribution in [3.63, 3.8) is 0 Å². The van der Waals surface area contributed by atoms with E-state index in [4.69, 9.17) is 11.6 Å². The van der Waals surface area contributed by atoms with Gasteiger partial charge in [0, 0.05) is 30.9 Å². The minimum Gasteiger partial charge on any atom is -0.378 e. The lowest BCUT2D eigenvalue weighted by Gasteiger charge is -2.11. The molecule has 0 saturated carbocycles. The maximum absolute atomic E-state index is 13.4. The van der Waals surface area contributed by atoms with Gasteiger partial charge in [0.2, 0.25) is 4.96 Å². The zero-order valence-corrected chi connectivity index (χ0v) is 15.0. The Balaban J connectivity index is 1.76. The van der Waals surface area contributed by atoms with Gasteiger partial charge in [-0.05, 0) is 42.5 Å². The van der Waals surface area contributed by atoms with Crippen molar-refractivity contribution in [2.75, 3.05) is 19.0 Å². The maximum atomic E-state index is 13.4. The number of anilines is 1. The van der Waals surface area contributed by atoms with E-state index in [0.717, 1.165) is 16.8 Å². The summed E-state index contributed by atoms with van der Waals surface area (Å²) < 4.78 is 15.1. The van der Waals surface area contributed by atoms with Gasteiger partial charge < -0.3 is 4.90 Å². The van der Waals surface area contributed by atoms with Crippen LogP contribution in [-0.4, -0.2) is 33.9 Å². The molecule has 0 saturated heterocycles. The molecule has 0 bridgehead atoms. The summed E-state index contributed by atoms with van der Waals surface area (Å²) >= 11 is 7.24. The molecule has 0 aliphatic rings. The van der Waals surface area contributed by atoms with Crippen molar-refractivity contribution in [2.45, 2.75) is 0 Å². The fourth-order valence-corrected chi connectivity index (χ4v) is 3.47. The monoisotopic (exact) mass is 373 g/mol. The molecule has 0 N–H and O–H groups in total. The van der Waals surface area contributed by atoms with Crippen molar-refractivity contribution in [3.8, 4) is 22.0 Å². The van der Waals surface area contributed by atoms with Gasteiger partial charge in [0.25, 0.3) is 0 Å². The first-order valence-corrected chi connectivity index (χ1v) is 8.68. The average molecular weight is 374 g/mol. The molecule has 4 rings (SSSR count). The van der Waals surface area contributed by atoms with Gasteiger partial charge in [-0.25, -0.2) is 4.39 Å². The van der Waals surface area contributed by atoms with Crippen LogP contribution in [-0.2, 0) is 0 Å². The van der Waals surface area contributed by atoms with E-state index in [0.29, 0.717) is 15.8 Å². The van der Waals surface area contributed by atoms with Crippen molar-refractivity contribution in [2.24, 2.45) is 0 Å². The van der Waals surface area contributed by atoms with Crippen LogP contribution >= 0.6 is 22.9 Å². The molecular formula is C17H13ClFN5S. The molecular weight excluding hydrogens is 361 g/mol. The smallest absolute Gasteiger partial charge is 0.235 e. The van der Waals surface area contributed by atoms with E-state index >= 15 is 0 Å². The van der Waals surface area contributed by atoms with Gasteiger partial charge in [-0.1, -0.05) is 22.9 Å². The lowest BCUT2D eigenvalue weighted by atomic mass is 10.2. The third-order valence-electron chi connectivity index (χ3n) is 3.80. The summed E-state index contributed by atoms with van der Waals surface area (Å²) in [6.45, 7) is 0. The summed E-state index contributed by atoms with van der Waals surface area (Å²) in [5, 5.41) is 13.8. The molecule has 2 heterocycles. The molecule has 5 nitrogen and oxygen atoms in total. The van der Waals surface area contributed by atoms with Crippen LogP contribution in [0.15, 0.2) is 42.5 Å². The van der Waals surface area contributed by atoms with E-state index < -0.39 is 5.82 Å². The average Bonchev–Trinajstić information content (AvgIpc) is 3.18. The van der Waals surface area contributed by atoms with E-state index in [2.05, 4.69) is 15.3 Å². The molecule has 0 atom stereocenters. The lowest BCUT2D eigenvalue weighted by Crippen LogP contribution is -2.08. The van der Waals surface area contributed by atoms with Crippen LogP contribution in [0.2, 0.25) is 5.02 Å². The zero-order valence-electron chi connectivity index (χ0n) is 13.4. The van der Waals surface area contributed by atoms with Crippen molar-refractivity contribution in [3.05, 3.63) is 53.3 Å². The van der Waals surface area contributed by atoms with Gasteiger partial charge in [-0.2, -0.15) is 9.61 Å². The molecule has 0 radical (unpaired) electrons. The molecule has 0 spiro atoms. The Kier molecular flexibility index (Phi) is 3.89. The maximum Gasteiger partial charge on any atom is 0.235 e. The molecule has 25 heavy (non-hydrogen) atoms. The van der Waals surface area contributed by atoms with Crippen LogP contribution in [0.1, 0.15) is 0 Å². The topological polar surface area (TPSA) is 46.3 Å². The summed E-state index contributed by atoms with van der Waals surface area (Å²) in [7, 11) is 3.98. The number of nitrogens with zero attached hydrogens (tertiary/aromatic N) is 5. The fourth-order valence-electron chi connectivity index (χ4n) is 2.45. The van der Waals surface area contributed by atoms with Gasteiger partial charge in [0.15, 0.2) is 5.82 Å². The predicted molar refractivity (Wildman–Crippen MR) is 98.8 cm³/mol. The number of hydrogen-bond acceptors (Lipinski definition) is 5. The fraction of sp³-hybridized carbons (Fsp3) is 0.118. The van der Waals surface area contributed by atoms with Gasteiger partial charge in [-0.15, -0.1) is 10.2 Å². The third kappa shape index (κ3) is 2.85. The lowest BCUT2D eigenvalue weighted by molar-refractivity contribution is 0.628. The van der Waals surface area contributed by atoms with Crippen LogP contribution in [0.5, 0.6) is 0 Å². The summed E-state index contributed by atoms with van der Waals surface area (Å²) in [6, 6.07) is 12.6. The summed E-state index contributed by atoms with van der Waals surface area (Å²) in [4.78, 5) is 2.70. The molecule has 4 aromatic rings. The molecule has 8 heteroatoms. The Morgan fingerprint density at radius 3 is 2.44 bits per heavy atom. The number of benzene rings is 2. The van der Waals surface area contributed by atoms with Gasteiger partial charge in [0.05, 0.1) is 5.02 Å². The predicted octanol–water partition coefficient (Wildman–Crippen LogP) is 4.38. The summed E-state index contributed by atoms with van der Waals surface area (Å²) in [6.07, 6.45) is 0. The molecule has 0 unspecified atom stereocenters. The number of fused-ring (bicyclic) bond motifs is 1. The Labute approximate surface area is 152 Å². The standard InChI is InChI=1S/C17H13ClFN5S/c1-23(2)12-6-3-10(4-7-12)15-20-21-17-24(15)22-16(25-17)11-5-8-14(19)13(18)9-11/h3-9H,1-2H3. The van der Waals surface area contributed by atoms with Crippen molar-refractivity contribution >= 4 is 33.6 Å². The number of halogens is 2. The summed E-state index contributed by atoms with van der Waals surface area (Å²) in [5.41, 5.74) is 2.77. The second kappa shape index (κ2) is 6.09. The number of rotatable bonds is 3. The molecule has 126 valence electrons. The minimum atomic E-state index is -0.449. The minimum absolute atomic E-state index is 0.0722. The van der Waals surface area contributed by atoms with Crippen LogP contribution in [0.25, 0.3) is 26.9 Å². The van der Waals surface area contributed by atoms with Crippen LogP contribution in [0.4, 0.5) is 10.1 Å². The first-order chi connectivity index (χ1) is 12.0. The Bertz CT molecular complexity index is 1050. The van der Waals surface area contributed by atoms with Crippen LogP contribution in [0, 0.1) is 5.82 Å². The largest absolute Gasteiger partial charge is 0.378 e. The molecule has 2 aromatic heterocycles. The Morgan fingerprint density at radius 1 is 1.04 bits per heavy atom. The highest BCUT2D eigenvalue weighted by atomic mass is 35.5. The Morgan fingerprint density at radius 2 is 1.76 bits per heavy atom. The van der Waals surface area contributed by atoms with Crippen molar-refractivity contribution < 1.29 is 4.39 Å². The van der Waals surface area contributed by atoms with E-state index in [1.807, 2.05) is 43.3 Å². The van der Waals surface area contributed by atoms with Crippen LogP contribution in [0.3, 0.4) is 0 Å².